The number of aryl methyl sites for hydroxylation is 2. The maximum Gasteiger partial charge on any atom is 0.0483 e. The Hall–Kier alpha value is -1.28. The third-order valence-corrected chi connectivity index (χ3v) is 3.75. The highest BCUT2D eigenvalue weighted by atomic mass is 15.0. The van der Waals surface area contributed by atoms with Crippen molar-refractivity contribution < 1.29 is 0 Å². The summed E-state index contributed by atoms with van der Waals surface area (Å²) in [5.41, 5.74) is 5.85. The summed E-state index contributed by atoms with van der Waals surface area (Å²) in [4.78, 5) is 0. The van der Waals surface area contributed by atoms with Crippen LogP contribution < -0.4 is 5.32 Å². The molecule has 2 heteroatoms. The number of hydrogen-bond acceptors (Lipinski definition) is 1. The predicted octanol–water partition coefficient (Wildman–Crippen LogP) is 2.39. The fourth-order valence-corrected chi connectivity index (χ4v) is 2.77. The highest BCUT2D eigenvalue weighted by Crippen LogP contribution is 2.28. The molecule has 0 saturated carbocycles. The van der Waals surface area contributed by atoms with Crippen LogP contribution in [0.15, 0.2) is 18.2 Å². The van der Waals surface area contributed by atoms with E-state index in [1.165, 1.54) is 28.6 Å². The smallest absolute Gasteiger partial charge is 0.0483 e. The molecule has 1 aliphatic heterocycles. The molecule has 0 saturated heterocycles. The van der Waals surface area contributed by atoms with Crippen molar-refractivity contribution in [2.45, 2.75) is 26.3 Å². The van der Waals surface area contributed by atoms with Crippen molar-refractivity contribution >= 4 is 10.9 Å². The zero-order chi connectivity index (χ0) is 11.1. The predicted molar refractivity (Wildman–Crippen MR) is 67.7 cm³/mol. The lowest BCUT2D eigenvalue weighted by Gasteiger charge is -2.14. The summed E-state index contributed by atoms with van der Waals surface area (Å²) in [6.07, 6.45) is 2.29. The van der Waals surface area contributed by atoms with Crippen LogP contribution in [-0.2, 0) is 26.4 Å². The highest BCUT2D eigenvalue weighted by Gasteiger charge is 2.17. The van der Waals surface area contributed by atoms with E-state index in [9.17, 15) is 0 Å². The zero-order valence-corrected chi connectivity index (χ0v) is 10.0. The van der Waals surface area contributed by atoms with Crippen LogP contribution in [0.4, 0.5) is 0 Å². The normalized spacial score (nSPS) is 15.4. The molecule has 1 aliphatic rings. The molecule has 2 nitrogen and oxygen atoms in total. The summed E-state index contributed by atoms with van der Waals surface area (Å²) >= 11 is 0. The number of nitrogens with zero attached hydrogens (tertiary/aromatic N) is 1. The Labute approximate surface area is 96.3 Å². The van der Waals surface area contributed by atoms with Gasteiger partial charge in [0.1, 0.15) is 0 Å². The monoisotopic (exact) mass is 214 g/mol. The van der Waals surface area contributed by atoms with Gasteiger partial charge in [0.2, 0.25) is 0 Å². The van der Waals surface area contributed by atoms with Gasteiger partial charge >= 0.3 is 0 Å². The van der Waals surface area contributed by atoms with Crippen LogP contribution in [-0.4, -0.2) is 11.1 Å². The lowest BCUT2D eigenvalue weighted by atomic mass is 10.0. The molecule has 84 valence electrons. The van der Waals surface area contributed by atoms with E-state index in [-0.39, 0.29) is 0 Å². The van der Waals surface area contributed by atoms with Gasteiger partial charge in [0, 0.05) is 30.2 Å². The van der Waals surface area contributed by atoms with Gasteiger partial charge in [0.25, 0.3) is 0 Å². The van der Waals surface area contributed by atoms with Crippen LogP contribution in [0.1, 0.15) is 23.7 Å². The maximum atomic E-state index is 3.45. The van der Waals surface area contributed by atoms with E-state index in [2.05, 4.69) is 42.1 Å². The Morgan fingerprint density at radius 2 is 2.25 bits per heavy atom. The number of hydrogen-bond donors (Lipinski definition) is 1. The SMILES string of the molecule is CCc1ccc2c(c1)c1c(n2C)CNCC1. The summed E-state index contributed by atoms with van der Waals surface area (Å²) in [7, 11) is 2.18. The van der Waals surface area contributed by atoms with Crippen molar-refractivity contribution in [3.8, 4) is 0 Å². The molecule has 0 atom stereocenters. The minimum atomic E-state index is 1.02. The minimum absolute atomic E-state index is 1.02. The first-order chi connectivity index (χ1) is 7.81. The van der Waals surface area contributed by atoms with Gasteiger partial charge in [-0.05, 0) is 42.6 Å². The molecule has 2 aromatic rings. The Balaban J connectivity index is 2.31. The summed E-state index contributed by atoms with van der Waals surface area (Å²) in [6.45, 7) is 4.35. The third-order valence-electron chi connectivity index (χ3n) is 3.75. The van der Waals surface area contributed by atoms with E-state index >= 15 is 0 Å². The quantitative estimate of drug-likeness (QED) is 0.771. The van der Waals surface area contributed by atoms with Gasteiger partial charge in [-0.2, -0.15) is 0 Å². The molecule has 1 aromatic heterocycles. The Kier molecular flexibility index (Phi) is 2.25. The van der Waals surface area contributed by atoms with E-state index in [1.54, 1.807) is 5.56 Å². The molecule has 16 heavy (non-hydrogen) atoms. The second-order valence-corrected chi connectivity index (χ2v) is 4.62. The number of aromatic nitrogens is 1. The van der Waals surface area contributed by atoms with E-state index in [4.69, 9.17) is 0 Å². The number of benzene rings is 1. The molecular weight excluding hydrogens is 196 g/mol. The molecule has 0 aliphatic carbocycles. The van der Waals surface area contributed by atoms with Gasteiger partial charge < -0.3 is 9.88 Å². The van der Waals surface area contributed by atoms with E-state index in [0.717, 1.165) is 19.5 Å². The van der Waals surface area contributed by atoms with Gasteiger partial charge in [-0.25, -0.2) is 0 Å². The summed E-state index contributed by atoms with van der Waals surface area (Å²) in [6, 6.07) is 6.90. The molecule has 3 rings (SSSR count). The molecule has 0 fully saturated rings. The van der Waals surface area contributed by atoms with Crippen molar-refractivity contribution in [2.24, 2.45) is 7.05 Å². The number of nitrogens with one attached hydrogen (secondary N) is 1. The van der Waals surface area contributed by atoms with E-state index in [1.807, 2.05) is 0 Å². The summed E-state index contributed by atoms with van der Waals surface area (Å²) in [5, 5.41) is 4.92. The van der Waals surface area contributed by atoms with Crippen molar-refractivity contribution in [3.63, 3.8) is 0 Å². The molecule has 0 bridgehead atoms. The molecule has 1 aromatic carbocycles. The first kappa shape index (κ1) is 9.91. The first-order valence-corrected chi connectivity index (χ1v) is 6.11. The molecule has 0 unspecified atom stereocenters. The largest absolute Gasteiger partial charge is 0.346 e. The molecule has 0 amide bonds. The summed E-state index contributed by atoms with van der Waals surface area (Å²) < 4.78 is 2.34. The van der Waals surface area contributed by atoms with Crippen LogP contribution in [0.25, 0.3) is 10.9 Å². The summed E-state index contributed by atoms with van der Waals surface area (Å²) in [5.74, 6) is 0. The van der Waals surface area contributed by atoms with Gasteiger partial charge in [0.05, 0.1) is 0 Å². The molecule has 0 spiro atoms. The van der Waals surface area contributed by atoms with Crippen molar-refractivity contribution in [3.05, 3.63) is 35.0 Å². The third kappa shape index (κ3) is 1.30. The van der Waals surface area contributed by atoms with Crippen LogP contribution in [0.5, 0.6) is 0 Å². The van der Waals surface area contributed by atoms with Crippen LogP contribution >= 0.6 is 0 Å². The zero-order valence-electron chi connectivity index (χ0n) is 10.0. The van der Waals surface area contributed by atoms with Crippen LogP contribution in [0, 0.1) is 0 Å². The molecule has 0 radical (unpaired) electrons. The van der Waals surface area contributed by atoms with Gasteiger partial charge in [-0.1, -0.05) is 13.0 Å². The first-order valence-electron chi connectivity index (χ1n) is 6.11. The standard InChI is InChI=1S/C14H18N2/c1-3-10-4-5-13-12(8-10)11-6-7-15-9-14(11)16(13)2/h4-5,8,15H,3,6-7,9H2,1-2H3. The Morgan fingerprint density at radius 1 is 1.38 bits per heavy atom. The maximum absolute atomic E-state index is 3.45. The number of fused-ring (bicyclic) bond motifs is 3. The van der Waals surface area contributed by atoms with Crippen molar-refractivity contribution in [1.29, 1.82) is 0 Å². The molecule has 1 N–H and O–H groups in total. The highest BCUT2D eigenvalue weighted by molar-refractivity contribution is 5.86. The van der Waals surface area contributed by atoms with Crippen molar-refractivity contribution in [2.75, 3.05) is 6.54 Å². The second kappa shape index (κ2) is 3.63. The van der Waals surface area contributed by atoms with Crippen LogP contribution in [0.2, 0.25) is 0 Å². The number of rotatable bonds is 1. The second-order valence-electron chi connectivity index (χ2n) is 4.62. The molecule has 2 heterocycles. The molecular formula is C14H18N2. The van der Waals surface area contributed by atoms with E-state index in [0.29, 0.717) is 0 Å². The van der Waals surface area contributed by atoms with Crippen molar-refractivity contribution in [1.82, 2.24) is 9.88 Å². The van der Waals surface area contributed by atoms with Gasteiger partial charge in [0.15, 0.2) is 0 Å². The van der Waals surface area contributed by atoms with E-state index < -0.39 is 0 Å². The topological polar surface area (TPSA) is 17.0 Å². The minimum Gasteiger partial charge on any atom is -0.346 e. The van der Waals surface area contributed by atoms with Gasteiger partial charge in [-0.3, -0.25) is 0 Å². The fraction of sp³-hybridized carbons (Fsp3) is 0.429. The average Bonchev–Trinajstić information content (AvgIpc) is 2.64. The lowest BCUT2D eigenvalue weighted by Crippen LogP contribution is -2.24. The average molecular weight is 214 g/mol. The Morgan fingerprint density at radius 3 is 3.06 bits per heavy atom. The van der Waals surface area contributed by atoms with Crippen LogP contribution in [0.3, 0.4) is 0 Å². The Bertz CT molecular complexity index is 537. The lowest BCUT2D eigenvalue weighted by molar-refractivity contribution is 0.614. The van der Waals surface area contributed by atoms with Gasteiger partial charge in [-0.15, -0.1) is 0 Å². The fourth-order valence-electron chi connectivity index (χ4n) is 2.77.